The molecule has 3 aromatic carbocycles. The smallest absolute Gasteiger partial charge is 0.266 e. The van der Waals surface area contributed by atoms with E-state index in [-0.39, 0.29) is 5.57 Å². The quantitative estimate of drug-likeness (QED) is 0.208. The van der Waals surface area contributed by atoms with Gasteiger partial charge in [0.15, 0.2) is 0 Å². The van der Waals surface area contributed by atoms with Crippen molar-refractivity contribution < 1.29 is 14.3 Å². The Hall–Kier alpha value is -4.83. The molecule has 0 saturated carbocycles. The Bertz CT molecular complexity index is 1420. The summed E-state index contributed by atoms with van der Waals surface area (Å²) in [7, 11) is 0. The molecule has 0 aliphatic rings. The number of carbonyl (C=O) groups is 1. The lowest BCUT2D eigenvalue weighted by molar-refractivity contribution is -0.112. The summed E-state index contributed by atoms with van der Waals surface area (Å²) in [5.74, 6) is 0.932. The fraction of sp³-hybridized carbons (Fsp3) is 0.167. The van der Waals surface area contributed by atoms with Crippen LogP contribution in [0.15, 0.2) is 90.6 Å². The predicted molar refractivity (Wildman–Crippen MR) is 145 cm³/mol. The molecule has 186 valence electrons. The molecular weight excluding hydrogens is 464 g/mol. The summed E-state index contributed by atoms with van der Waals surface area (Å²) in [5, 5.41) is 17.4. The summed E-state index contributed by atoms with van der Waals surface area (Å²) in [4.78, 5) is 13.0. The fourth-order valence-electron chi connectivity index (χ4n) is 3.69. The first kappa shape index (κ1) is 25.3. The molecule has 0 saturated heterocycles. The van der Waals surface area contributed by atoms with Crippen molar-refractivity contribution in [1.82, 2.24) is 9.78 Å². The Kier molecular flexibility index (Phi) is 8.35. The van der Waals surface area contributed by atoms with Crippen molar-refractivity contribution in [3.8, 4) is 34.5 Å². The number of ether oxygens (including phenoxy) is 2. The molecular formula is C30H28N4O3. The van der Waals surface area contributed by atoms with Gasteiger partial charge in [-0.1, -0.05) is 37.3 Å². The highest BCUT2D eigenvalue weighted by atomic mass is 16.5. The van der Waals surface area contributed by atoms with Crippen molar-refractivity contribution in [3.63, 3.8) is 0 Å². The van der Waals surface area contributed by atoms with Crippen molar-refractivity contribution in [3.05, 3.63) is 96.2 Å². The van der Waals surface area contributed by atoms with Gasteiger partial charge in [-0.25, -0.2) is 4.68 Å². The molecule has 1 N–H and O–H groups in total. The van der Waals surface area contributed by atoms with E-state index in [1.54, 1.807) is 35.0 Å². The normalized spacial score (nSPS) is 11.0. The zero-order chi connectivity index (χ0) is 26.0. The zero-order valence-corrected chi connectivity index (χ0v) is 20.8. The van der Waals surface area contributed by atoms with Crippen molar-refractivity contribution in [2.24, 2.45) is 0 Å². The summed E-state index contributed by atoms with van der Waals surface area (Å²) in [6, 6.07) is 26.3. The van der Waals surface area contributed by atoms with E-state index < -0.39 is 5.91 Å². The molecule has 4 aromatic rings. The molecule has 7 nitrogen and oxygen atoms in total. The molecule has 4 rings (SSSR count). The number of hydrogen-bond donors (Lipinski definition) is 1. The average molecular weight is 493 g/mol. The van der Waals surface area contributed by atoms with Crippen LogP contribution in [0.5, 0.6) is 11.5 Å². The van der Waals surface area contributed by atoms with Gasteiger partial charge in [0, 0.05) is 23.0 Å². The minimum absolute atomic E-state index is 0.0406. The van der Waals surface area contributed by atoms with Crippen LogP contribution in [0.25, 0.3) is 23.0 Å². The second kappa shape index (κ2) is 12.2. The van der Waals surface area contributed by atoms with Crippen molar-refractivity contribution in [1.29, 1.82) is 5.26 Å². The van der Waals surface area contributed by atoms with Gasteiger partial charge in [-0.3, -0.25) is 4.79 Å². The Morgan fingerprint density at radius 2 is 1.78 bits per heavy atom. The van der Waals surface area contributed by atoms with E-state index >= 15 is 0 Å². The number of para-hydroxylation sites is 1. The van der Waals surface area contributed by atoms with Gasteiger partial charge < -0.3 is 14.8 Å². The molecule has 0 bridgehead atoms. The molecule has 7 heteroatoms. The highest BCUT2D eigenvalue weighted by molar-refractivity contribution is 6.10. The minimum Gasteiger partial charge on any atom is -0.494 e. The Morgan fingerprint density at radius 1 is 1.00 bits per heavy atom. The first-order valence-corrected chi connectivity index (χ1v) is 12.2. The fourth-order valence-corrected chi connectivity index (χ4v) is 3.69. The highest BCUT2D eigenvalue weighted by Gasteiger charge is 2.16. The third-order valence-corrected chi connectivity index (χ3v) is 5.43. The van der Waals surface area contributed by atoms with Gasteiger partial charge in [0.25, 0.3) is 5.91 Å². The van der Waals surface area contributed by atoms with E-state index in [2.05, 4.69) is 12.2 Å². The van der Waals surface area contributed by atoms with E-state index in [0.29, 0.717) is 35.9 Å². The van der Waals surface area contributed by atoms with Crippen molar-refractivity contribution in [2.45, 2.75) is 20.3 Å². The van der Waals surface area contributed by atoms with Gasteiger partial charge in [-0.2, -0.15) is 10.4 Å². The van der Waals surface area contributed by atoms with Crippen LogP contribution in [0, 0.1) is 11.3 Å². The summed E-state index contributed by atoms with van der Waals surface area (Å²) in [5.41, 5.74) is 3.47. The molecule has 0 unspecified atom stereocenters. The summed E-state index contributed by atoms with van der Waals surface area (Å²) in [6.45, 7) is 5.12. The van der Waals surface area contributed by atoms with Crippen LogP contribution < -0.4 is 14.8 Å². The molecule has 1 heterocycles. The van der Waals surface area contributed by atoms with Gasteiger partial charge in [-0.05, 0) is 68.0 Å². The first-order valence-electron chi connectivity index (χ1n) is 12.2. The number of aromatic nitrogens is 2. The maximum absolute atomic E-state index is 13.0. The lowest BCUT2D eigenvalue weighted by atomic mass is 10.1. The van der Waals surface area contributed by atoms with Gasteiger partial charge in [0.05, 0.1) is 18.9 Å². The number of hydrogen-bond acceptors (Lipinski definition) is 5. The summed E-state index contributed by atoms with van der Waals surface area (Å²) >= 11 is 0. The molecule has 0 radical (unpaired) electrons. The number of carbonyl (C=O) groups excluding carboxylic acids is 1. The molecule has 0 fully saturated rings. The number of anilines is 1. The SMILES string of the molecule is CCCOc1cccc(-c2nn(-c3ccccc3)cc2/C=C(/C#N)C(=O)Nc2ccc(OCC)cc2)c1. The predicted octanol–water partition coefficient (Wildman–Crippen LogP) is 6.27. The van der Waals surface area contributed by atoms with E-state index in [9.17, 15) is 10.1 Å². The Balaban J connectivity index is 1.69. The standard InChI is InChI=1S/C30H28N4O3/c1-3-17-37-28-12-8-9-22(19-28)29-24(21-34(33-29)26-10-6-5-7-11-26)18-23(20-31)30(35)32-25-13-15-27(16-14-25)36-4-2/h5-16,18-19,21H,3-4,17H2,1-2H3,(H,32,35)/b23-18-. The van der Waals surface area contributed by atoms with Gasteiger partial charge in [0.2, 0.25) is 0 Å². The average Bonchev–Trinajstić information content (AvgIpc) is 3.36. The van der Waals surface area contributed by atoms with Crippen LogP contribution in [0.3, 0.4) is 0 Å². The van der Waals surface area contributed by atoms with Crippen LogP contribution in [0.2, 0.25) is 0 Å². The maximum atomic E-state index is 13.0. The number of nitrogens with zero attached hydrogens (tertiary/aromatic N) is 3. The van der Waals surface area contributed by atoms with E-state index in [1.165, 1.54) is 0 Å². The minimum atomic E-state index is -0.509. The van der Waals surface area contributed by atoms with Crippen molar-refractivity contribution in [2.75, 3.05) is 18.5 Å². The first-order chi connectivity index (χ1) is 18.1. The van der Waals surface area contributed by atoms with E-state index in [0.717, 1.165) is 23.4 Å². The third kappa shape index (κ3) is 6.44. The maximum Gasteiger partial charge on any atom is 0.266 e. The zero-order valence-electron chi connectivity index (χ0n) is 20.8. The topological polar surface area (TPSA) is 89.2 Å². The number of rotatable bonds is 10. The lowest BCUT2D eigenvalue weighted by Gasteiger charge is -2.07. The van der Waals surface area contributed by atoms with Crippen LogP contribution in [-0.4, -0.2) is 28.9 Å². The second-order valence-electron chi connectivity index (χ2n) is 8.17. The van der Waals surface area contributed by atoms with Gasteiger partial charge in [-0.15, -0.1) is 0 Å². The number of nitriles is 1. The van der Waals surface area contributed by atoms with Crippen LogP contribution in [0.1, 0.15) is 25.8 Å². The largest absolute Gasteiger partial charge is 0.494 e. The van der Waals surface area contributed by atoms with Gasteiger partial charge in [0.1, 0.15) is 28.8 Å². The van der Waals surface area contributed by atoms with E-state index in [1.807, 2.05) is 73.8 Å². The second-order valence-corrected chi connectivity index (χ2v) is 8.17. The number of nitrogens with one attached hydrogen (secondary N) is 1. The Morgan fingerprint density at radius 3 is 2.49 bits per heavy atom. The molecule has 37 heavy (non-hydrogen) atoms. The van der Waals surface area contributed by atoms with Gasteiger partial charge >= 0.3 is 0 Å². The van der Waals surface area contributed by atoms with Crippen molar-refractivity contribution >= 4 is 17.7 Å². The third-order valence-electron chi connectivity index (χ3n) is 5.43. The van der Waals surface area contributed by atoms with Crippen LogP contribution in [0.4, 0.5) is 5.69 Å². The number of benzene rings is 3. The van der Waals surface area contributed by atoms with Crippen LogP contribution >= 0.6 is 0 Å². The molecule has 0 aliphatic carbocycles. The molecule has 1 amide bonds. The van der Waals surface area contributed by atoms with E-state index in [4.69, 9.17) is 14.6 Å². The highest BCUT2D eigenvalue weighted by Crippen LogP contribution is 2.29. The summed E-state index contributed by atoms with van der Waals surface area (Å²) in [6.07, 6.45) is 4.27. The molecule has 0 atom stereocenters. The van der Waals surface area contributed by atoms with Crippen LogP contribution in [-0.2, 0) is 4.79 Å². The monoisotopic (exact) mass is 492 g/mol. The lowest BCUT2D eigenvalue weighted by Crippen LogP contribution is -2.13. The molecule has 0 aliphatic heterocycles. The summed E-state index contributed by atoms with van der Waals surface area (Å²) < 4.78 is 13.0. The number of amides is 1. The Labute approximate surface area is 216 Å². The molecule has 0 spiro atoms. The molecule has 1 aromatic heterocycles.